The average Bonchev–Trinajstić information content (AvgIpc) is 2.74. The molecule has 0 unspecified atom stereocenters. The Labute approximate surface area is 125 Å². The van der Waals surface area contributed by atoms with Crippen molar-refractivity contribution in [1.29, 1.82) is 0 Å². The summed E-state index contributed by atoms with van der Waals surface area (Å²) in [6.07, 6.45) is 6.66. The van der Waals surface area contributed by atoms with Crippen molar-refractivity contribution in [2.75, 3.05) is 13.1 Å². The highest BCUT2D eigenvalue weighted by molar-refractivity contribution is 5.83. The first kappa shape index (κ1) is 14.1. The Balaban J connectivity index is 1.78. The third-order valence-electron chi connectivity index (χ3n) is 4.29. The molecule has 1 amide bonds. The van der Waals surface area contributed by atoms with Crippen LogP contribution < -0.4 is 0 Å². The lowest BCUT2D eigenvalue weighted by Gasteiger charge is -2.20. The summed E-state index contributed by atoms with van der Waals surface area (Å²) in [5.74, 6) is 0.198. The number of nitrogens with zero attached hydrogens (tertiary/aromatic N) is 2. The molecule has 1 aliphatic heterocycles. The zero-order valence-electron chi connectivity index (χ0n) is 12.3. The van der Waals surface area contributed by atoms with Gasteiger partial charge in [-0.25, -0.2) is 0 Å². The molecule has 21 heavy (non-hydrogen) atoms. The van der Waals surface area contributed by atoms with Crippen LogP contribution in [0.1, 0.15) is 31.2 Å². The number of fused-ring (bicyclic) bond motifs is 1. The minimum atomic E-state index is 0.0290. The molecule has 0 spiro atoms. The van der Waals surface area contributed by atoms with Crippen LogP contribution in [0.2, 0.25) is 0 Å². The molecule has 4 nitrogen and oxygen atoms in total. The third kappa shape index (κ3) is 3.10. The Kier molecular flexibility index (Phi) is 4.25. The first-order valence-electron chi connectivity index (χ1n) is 7.74. The average molecular weight is 286 g/mol. The molecule has 0 aliphatic carbocycles. The van der Waals surface area contributed by atoms with Crippen molar-refractivity contribution in [2.24, 2.45) is 0 Å². The maximum absolute atomic E-state index is 12.5. The zero-order valence-corrected chi connectivity index (χ0v) is 12.3. The van der Waals surface area contributed by atoms with E-state index in [1.807, 2.05) is 39.9 Å². The third-order valence-corrected chi connectivity index (χ3v) is 4.29. The van der Waals surface area contributed by atoms with Crippen molar-refractivity contribution in [3.63, 3.8) is 0 Å². The van der Waals surface area contributed by atoms with Gasteiger partial charge in [0.05, 0.1) is 6.61 Å². The Hall–Kier alpha value is -1.81. The van der Waals surface area contributed by atoms with Crippen LogP contribution in [0, 0.1) is 0 Å². The molecule has 112 valence electrons. The van der Waals surface area contributed by atoms with Crippen LogP contribution in [-0.2, 0) is 17.9 Å². The molecule has 2 aromatic rings. The lowest BCUT2D eigenvalue weighted by Crippen LogP contribution is -2.34. The van der Waals surface area contributed by atoms with Gasteiger partial charge in [0.15, 0.2) is 0 Å². The van der Waals surface area contributed by atoms with E-state index >= 15 is 0 Å². The molecule has 1 saturated heterocycles. The van der Waals surface area contributed by atoms with Crippen molar-refractivity contribution in [1.82, 2.24) is 9.47 Å². The van der Waals surface area contributed by atoms with E-state index < -0.39 is 0 Å². The fourth-order valence-electron chi connectivity index (χ4n) is 3.03. The monoisotopic (exact) mass is 286 g/mol. The first-order chi connectivity index (χ1) is 10.3. The van der Waals surface area contributed by atoms with Crippen molar-refractivity contribution in [2.45, 2.75) is 38.8 Å². The largest absolute Gasteiger partial charge is 0.392 e. The summed E-state index contributed by atoms with van der Waals surface area (Å²) in [5.41, 5.74) is 1.90. The van der Waals surface area contributed by atoms with Crippen LogP contribution >= 0.6 is 0 Å². The van der Waals surface area contributed by atoms with E-state index in [0.717, 1.165) is 42.4 Å². The van der Waals surface area contributed by atoms with Crippen molar-refractivity contribution in [3.05, 3.63) is 36.0 Å². The number of benzene rings is 1. The number of aliphatic hydroxyl groups is 1. The van der Waals surface area contributed by atoms with Gasteiger partial charge in [-0.15, -0.1) is 0 Å². The van der Waals surface area contributed by atoms with E-state index in [1.165, 1.54) is 12.8 Å². The van der Waals surface area contributed by atoms with Crippen LogP contribution in [0.15, 0.2) is 30.5 Å². The minimum Gasteiger partial charge on any atom is -0.392 e. The molecule has 1 N–H and O–H groups in total. The standard InChI is InChI=1S/C17H22N2O2/c20-13-14-5-6-15-7-10-19(16(15)11-14)12-17(21)18-8-3-1-2-4-9-18/h5-7,10-11,20H,1-4,8-9,12-13H2. The van der Waals surface area contributed by atoms with Crippen LogP contribution in [0.25, 0.3) is 10.9 Å². The number of likely N-dealkylation sites (tertiary alicyclic amines) is 1. The predicted molar refractivity (Wildman–Crippen MR) is 82.9 cm³/mol. The maximum atomic E-state index is 12.5. The minimum absolute atomic E-state index is 0.0290. The van der Waals surface area contributed by atoms with Crippen LogP contribution in [0.4, 0.5) is 0 Å². The number of carbonyl (C=O) groups excluding carboxylic acids is 1. The molecule has 2 heterocycles. The molecule has 1 aliphatic rings. The summed E-state index contributed by atoms with van der Waals surface area (Å²) in [6, 6.07) is 7.90. The van der Waals surface area contributed by atoms with Gasteiger partial charge < -0.3 is 14.6 Å². The van der Waals surface area contributed by atoms with E-state index in [4.69, 9.17) is 0 Å². The second kappa shape index (κ2) is 6.31. The van der Waals surface area contributed by atoms with Gasteiger partial charge in [0.25, 0.3) is 0 Å². The molecule has 1 fully saturated rings. The first-order valence-corrected chi connectivity index (χ1v) is 7.74. The lowest BCUT2D eigenvalue weighted by molar-refractivity contribution is -0.131. The van der Waals surface area contributed by atoms with Gasteiger partial charge in [-0.3, -0.25) is 4.79 Å². The van der Waals surface area contributed by atoms with Gasteiger partial charge in [0.2, 0.25) is 5.91 Å². The summed E-state index contributed by atoms with van der Waals surface area (Å²) in [5, 5.41) is 10.4. The van der Waals surface area contributed by atoms with Gasteiger partial charge in [-0.05, 0) is 35.9 Å². The van der Waals surface area contributed by atoms with Crippen LogP contribution in [0.5, 0.6) is 0 Å². The number of carbonyl (C=O) groups is 1. The highest BCUT2D eigenvalue weighted by Crippen LogP contribution is 2.18. The quantitative estimate of drug-likeness (QED) is 0.942. The van der Waals surface area contributed by atoms with Gasteiger partial charge in [0.1, 0.15) is 6.54 Å². The summed E-state index contributed by atoms with van der Waals surface area (Å²) in [7, 11) is 0. The number of rotatable bonds is 3. The van der Waals surface area contributed by atoms with E-state index in [2.05, 4.69) is 0 Å². The van der Waals surface area contributed by atoms with Gasteiger partial charge in [0, 0.05) is 24.8 Å². The van der Waals surface area contributed by atoms with Crippen molar-refractivity contribution in [3.8, 4) is 0 Å². The summed E-state index contributed by atoms with van der Waals surface area (Å²) in [4.78, 5) is 14.5. The molecular weight excluding hydrogens is 264 g/mol. The highest BCUT2D eigenvalue weighted by Gasteiger charge is 2.16. The molecule has 0 atom stereocenters. The molecule has 4 heteroatoms. The molecule has 0 bridgehead atoms. The maximum Gasteiger partial charge on any atom is 0.242 e. The van der Waals surface area contributed by atoms with Crippen LogP contribution in [0.3, 0.4) is 0 Å². The zero-order chi connectivity index (χ0) is 14.7. The van der Waals surface area contributed by atoms with Crippen LogP contribution in [-0.4, -0.2) is 33.6 Å². The predicted octanol–water partition coefficient (Wildman–Crippen LogP) is 2.54. The summed E-state index contributed by atoms with van der Waals surface area (Å²) < 4.78 is 1.99. The van der Waals surface area contributed by atoms with E-state index in [9.17, 15) is 9.90 Å². The van der Waals surface area contributed by atoms with Gasteiger partial charge in [-0.1, -0.05) is 25.0 Å². The molecule has 0 saturated carbocycles. The van der Waals surface area contributed by atoms with E-state index in [-0.39, 0.29) is 12.5 Å². The lowest BCUT2D eigenvalue weighted by atomic mass is 10.2. The SMILES string of the molecule is O=C(Cn1ccc2ccc(CO)cc21)N1CCCCCC1. The van der Waals surface area contributed by atoms with Crippen molar-refractivity contribution >= 4 is 16.8 Å². The Bertz CT molecular complexity index is 625. The second-order valence-corrected chi connectivity index (χ2v) is 5.79. The number of aromatic nitrogens is 1. The molecule has 1 aromatic heterocycles. The molecular formula is C17H22N2O2. The number of amides is 1. The fraction of sp³-hybridized carbons (Fsp3) is 0.471. The topological polar surface area (TPSA) is 45.5 Å². The van der Waals surface area contributed by atoms with E-state index in [0.29, 0.717) is 6.54 Å². The summed E-state index contributed by atoms with van der Waals surface area (Å²) in [6.45, 7) is 2.19. The fourth-order valence-corrected chi connectivity index (χ4v) is 3.03. The Morgan fingerprint density at radius 3 is 2.57 bits per heavy atom. The molecule has 3 rings (SSSR count). The Morgan fingerprint density at radius 2 is 1.86 bits per heavy atom. The molecule has 1 aromatic carbocycles. The van der Waals surface area contributed by atoms with Gasteiger partial charge >= 0.3 is 0 Å². The smallest absolute Gasteiger partial charge is 0.242 e. The van der Waals surface area contributed by atoms with E-state index in [1.54, 1.807) is 0 Å². The normalized spacial score (nSPS) is 16.1. The molecule has 0 radical (unpaired) electrons. The second-order valence-electron chi connectivity index (χ2n) is 5.79. The number of hydrogen-bond acceptors (Lipinski definition) is 2. The number of hydrogen-bond donors (Lipinski definition) is 1. The summed E-state index contributed by atoms with van der Waals surface area (Å²) >= 11 is 0. The van der Waals surface area contributed by atoms with Gasteiger partial charge in [-0.2, -0.15) is 0 Å². The number of aliphatic hydroxyl groups excluding tert-OH is 1. The Morgan fingerprint density at radius 1 is 1.10 bits per heavy atom. The highest BCUT2D eigenvalue weighted by atomic mass is 16.3. The van der Waals surface area contributed by atoms with Crippen molar-refractivity contribution < 1.29 is 9.90 Å².